The lowest BCUT2D eigenvalue weighted by Crippen LogP contribution is -1.94. The number of aromatic hydroxyl groups is 1. The molecule has 0 spiro atoms. The van der Waals surface area contributed by atoms with Crippen molar-refractivity contribution in [2.24, 2.45) is 0 Å². The minimum Gasteiger partial charge on any atom is -0.508 e. The number of phenols is 1. The average Bonchev–Trinajstić information content (AvgIpc) is 2.62. The lowest BCUT2D eigenvalue weighted by atomic mass is 10.3. The first-order valence-corrected chi connectivity index (χ1v) is 5.14. The van der Waals surface area contributed by atoms with Gasteiger partial charge < -0.3 is 15.6 Å². The van der Waals surface area contributed by atoms with E-state index in [1.807, 2.05) is 0 Å². The van der Waals surface area contributed by atoms with Crippen molar-refractivity contribution in [3.8, 4) is 11.5 Å². The number of aromatic nitrogens is 1. The maximum Gasteiger partial charge on any atom is 0.131 e. The number of nitrogens with zero attached hydrogens (tertiary/aromatic N) is 1. The van der Waals surface area contributed by atoms with Crippen molar-refractivity contribution < 1.29 is 9.84 Å². The third-order valence-electron chi connectivity index (χ3n) is 1.78. The Labute approximate surface area is 91.1 Å². The maximum absolute atomic E-state index is 9.20. The highest BCUT2D eigenvalue weighted by Crippen LogP contribution is 2.19. The summed E-state index contributed by atoms with van der Waals surface area (Å²) >= 11 is 1.24. The summed E-state index contributed by atoms with van der Waals surface area (Å²) in [6, 6.07) is 8.41. The molecule has 0 saturated carbocycles. The summed E-state index contributed by atoms with van der Waals surface area (Å²) in [5.41, 5.74) is 6.32. The minimum atomic E-state index is 0.185. The van der Waals surface area contributed by atoms with Gasteiger partial charge in [-0.3, -0.25) is 0 Å². The van der Waals surface area contributed by atoms with E-state index in [9.17, 15) is 5.11 Å². The number of anilines is 1. The smallest absolute Gasteiger partial charge is 0.131 e. The Balaban J connectivity index is 1.99. The highest BCUT2D eigenvalue weighted by Gasteiger charge is 2.00. The fourth-order valence-electron chi connectivity index (χ4n) is 1.13. The predicted octanol–water partition coefficient (Wildman–Crippen LogP) is 2.01. The molecule has 0 radical (unpaired) electrons. The summed E-state index contributed by atoms with van der Waals surface area (Å²) in [5, 5.41) is 9.87. The second-order valence-electron chi connectivity index (χ2n) is 3.01. The van der Waals surface area contributed by atoms with Gasteiger partial charge in [0.15, 0.2) is 0 Å². The van der Waals surface area contributed by atoms with Crippen LogP contribution in [0.15, 0.2) is 30.3 Å². The number of nitrogens with two attached hydrogens (primary N) is 1. The van der Waals surface area contributed by atoms with Crippen LogP contribution in [-0.4, -0.2) is 9.48 Å². The molecule has 2 aromatic rings. The van der Waals surface area contributed by atoms with Crippen molar-refractivity contribution in [2.45, 2.75) is 6.61 Å². The van der Waals surface area contributed by atoms with Gasteiger partial charge in [0.2, 0.25) is 0 Å². The van der Waals surface area contributed by atoms with Crippen LogP contribution in [0.3, 0.4) is 0 Å². The minimum absolute atomic E-state index is 0.185. The standard InChI is InChI=1S/C10H10N2O2S/c11-10-4-7(12-15-10)6-14-9-3-1-2-8(13)5-9/h1-5,13H,6,11H2. The van der Waals surface area contributed by atoms with Gasteiger partial charge in [-0.2, -0.15) is 4.37 Å². The van der Waals surface area contributed by atoms with Crippen LogP contribution in [0, 0.1) is 0 Å². The van der Waals surface area contributed by atoms with E-state index in [0.717, 1.165) is 5.69 Å². The molecule has 0 aliphatic carbocycles. The largest absolute Gasteiger partial charge is 0.508 e. The molecule has 0 aliphatic heterocycles. The number of hydrogen-bond donors (Lipinski definition) is 2. The Morgan fingerprint density at radius 2 is 2.27 bits per heavy atom. The molecule has 0 unspecified atom stereocenters. The van der Waals surface area contributed by atoms with E-state index in [0.29, 0.717) is 17.4 Å². The number of benzene rings is 1. The Kier molecular flexibility index (Phi) is 2.73. The fraction of sp³-hybridized carbons (Fsp3) is 0.100. The van der Waals surface area contributed by atoms with Gasteiger partial charge in [0, 0.05) is 6.07 Å². The molecule has 4 nitrogen and oxygen atoms in total. The molecule has 1 heterocycles. The molecule has 0 fully saturated rings. The van der Waals surface area contributed by atoms with E-state index in [4.69, 9.17) is 10.5 Å². The number of ether oxygens (including phenoxy) is 1. The first-order chi connectivity index (χ1) is 7.24. The van der Waals surface area contributed by atoms with Crippen molar-refractivity contribution in [1.29, 1.82) is 0 Å². The van der Waals surface area contributed by atoms with Crippen LogP contribution in [0.25, 0.3) is 0 Å². The molecular weight excluding hydrogens is 212 g/mol. The van der Waals surface area contributed by atoms with Crippen LogP contribution in [-0.2, 0) is 6.61 Å². The molecular formula is C10H10N2O2S. The SMILES string of the molecule is Nc1cc(COc2cccc(O)c2)ns1. The van der Waals surface area contributed by atoms with Gasteiger partial charge in [0.05, 0.1) is 5.69 Å². The van der Waals surface area contributed by atoms with Crippen LogP contribution >= 0.6 is 11.5 Å². The number of phenolic OH excluding ortho intramolecular Hbond substituents is 1. The highest BCUT2D eigenvalue weighted by atomic mass is 32.1. The second-order valence-corrected chi connectivity index (χ2v) is 3.84. The van der Waals surface area contributed by atoms with Crippen LogP contribution in [0.2, 0.25) is 0 Å². The molecule has 0 saturated heterocycles. The summed E-state index contributed by atoms with van der Waals surface area (Å²) in [4.78, 5) is 0. The lowest BCUT2D eigenvalue weighted by Gasteiger charge is -2.03. The fourth-order valence-corrected chi connectivity index (χ4v) is 1.64. The van der Waals surface area contributed by atoms with Crippen molar-refractivity contribution in [1.82, 2.24) is 4.37 Å². The van der Waals surface area contributed by atoms with Crippen LogP contribution in [0.5, 0.6) is 11.5 Å². The van der Waals surface area contributed by atoms with Crippen molar-refractivity contribution >= 4 is 16.5 Å². The lowest BCUT2D eigenvalue weighted by molar-refractivity contribution is 0.301. The third-order valence-corrected chi connectivity index (χ3v) is 2.44. The zero-order valence-corrected chi connectivity index (χ0v) is 8.70. The molecule has 1 aromatic carbocycles. The van der Waals surface area contributed by atoms with Gasteiger partial charge >= 0.3 is 0 Å². The Morgan fingerprint density at radius 1 is 1.40 bits per heavy atom. The summed E-state index contributed by atoms with van der Waals surface area (Å²) in [7, 11) is 0. The number of hydrogen-bond acceptors (Lipinski definition) is 5. The second kappa shape index (κ2) is 4.18. The van der Waals surface area contributed by atoms with Gasteiger partial charge in [-0.15, -0.1) is 0 Å². The summed E-state index contributed by atoms with van der Waals surface area (Å²) in [6.07, 6.45) is 0. The van der Waals surface area contributed by atoms with Crippen molar-refractivity contribution in [3.05, 3.63) is 36.0 Å². The van der Waals surface area contributed by atoms with E-state index < -0.39 is 0 Å². The highest BCUT2D eigenvalue weighted by molar-refractivity contribution is 7.09. The Hall–Kier alpha value is -1.75. The maximum atomic E-state index is 9.20. The molecule has 0 atom stereocenters. The van der Waals surface area contributed by atoms with Gasteiger partial charge in [0.1, 0.15) is 23.1 Å². The van der Waals surface area contributed by atoms with Gasteiger partial charge in [-0.25, -0.2) is 0 Å². The molecule has 15 heavy (non-hydrogen) atoms. The molecule has 5 heteroatoms. The topological polar surface area (TPSA) is 68.4 Å². The molecule has 0 aliphatic rings. The molecule has 0 amide bonds. The normalized spacial score (nSPS) is 10.1. The Bertz CT molecular complexity index is 456. The van der Waals surface area contributed by atoms with Gasteiger partial charge in [-0.1, -0.05) is 6.07 Å². The van der Waals surface area contributed by atoms with E-state index >= 15 is 0 Å². The average molecular weight is 222 g/mol. The monoisotopic (exact) mass is 222 g/mol. The van der Waals surface area contributed by atoms with Crippen LogP contribution < -0.4 is 10.5 Å². The Morgan fingerprint density at radius 3 is 2.93 bits per heavy atom. The molecule has 78 valence electrons. The van der Waals surface area contributed by atoms with Gasteiger partial charge in [-0.05, 0) is 29.7 Å². The van der Waals surface area contributed by atoms with Crippen molar-refractivity contribution in [3.63, 3.8) is 0 Å². The molecule has 1 aromatic heterocycles. The summed E-state index contributed by atoms with van der Waals surface area (Å²) in [5.74, 6) is 0.798. The van der Waals surface area contributed by atoms with Crippen LogP contribution in [0.1, 0.15) is 5.69 Å². The van der Waals surface area contributed by atoms with E-state index in [2.05, 4.69) is 4.37 Å². The van der Waals surface area contributed by atoms with Crippen LogP contribution in [0.4, 0.5) is 5.00 Å². The predicted molar refractivity (Wildman–Crippen MR) is 59.0 cm³/mol. The first kappa shape index (κ1) is 9.79. The van der Waals surface area contributed by atoms with E-state index in [1.165, 1.54) is 11.5 Å². The zero-order valence-electron chi connectivity index (χ0n) is 7.88. The van der Waals surface area contributed by atoms with Gasteiger partial charge in [0.25, 0.3) is 0 Å². The van der Waals surface area contributed by atoms with E-state index in [1.54, 1.807) is 30.3 Å². The number of rotatable bonds is 3. The quantitative estimate of drug-likeness (QED) is 0.833. The molecule has 3 N–H and O–H groups in total. The van der Waals surface area contributed by atoms with Crippen molar-refractivity contribution in [2.75, 3.05) is 5.73 Å². The number of nitrogen functional groups attached to an aromatic ring is 1. The molecule has 2 rings (SSSR count). The van der Waals surface area contributed by atoms with E-state index in [-0.39, 0.29) is 5.75 Å². The summed E-state index contributed by atoms with van der Waals surface area (Å²) in [6.45, 7) is 0.358. The summed E-state index contributed by atoms with van der Waals surface area (Å²) < 4.78 is 9.50. The third kappa shape index (κ3) is 2.60. The molecule has 0 bridgehead atoms. The first-order valence-electron chi connectivity index (χ1n) is 4.37. The zero-order chi connectivity index (χ0) is 10.7.